The Bertz CT molecular complexity index is 420. The van der Waals surface area contributed by atoms with Crippen molar-refractivity contribution in [1.82, 2.24) is 5.32 Å². The van der Waals surface area contributed by atoms with Crippen molar-refractivity contribution in [2.24, 2.45) is 0 Å². The molecule has 2 N–H and O–H groups in total. The van der Waals surface area contributed by atoms with E-state index in [0.29, 0.717) is 19.3 Å². The van der Waals surface area contributed by atoms with Crippen LogP contribution in [0.25, 0.3) is 0 Å². The average Bonchev–Trinajstić information content (AvgIpc) is 3.25. The average molecular weight is 279 g/mol. The Labute approximate surface area is 121 Å². The highest BCUT2D eigenvalue weighted by atomic mass is 16.5. The lowest BCUT2D eigenvalue weighted by Crippen LogP contribution is -2.48. The summed E-state index contributed by atoms with van der Waals surface area (Å²) < 4.78 is 11.3. The Balaban J connectivity index is 1.84. The predicted molar refractivity (Wildman–Crippen MR) is 79.4 cm³/mol. The molecule has 1 aliphatic carbocycles. The third kappa shape index (κ3) is 4.39. The first kappa shape index (κ1) is 15.1. The number of hydrogen-bond acceptors (Lipinski definition) is 4. The summed E-state index contributed by atoms with van der Waals surface area (Å²) in [4.78, 5) is 0. The standard InChI is InChI=1S/C16H25NO3/c1-3-19-14-6-4-5-7-15(14)20-11-10-16(2,12-18)17-13-8-9-13/h4-7,13,17-18H,3,8-12H2,1-2H3. The van der Waals surface area contributed by atoms with Crippen molar-refractivity contribution in [3.05, 3.63) is 24.3 Å². The Kier molecular flexibility index (Phi) is 5.26. The summed E-state index contributed by atoms with van der Waals surface area (Å²) in [5, 5.41) is 13.0. The minimum atomic E-state index is -0.262. The van der Waals surface area contributed by atoms with Gasteiger partial charge in [-0.15, -0.1) is 0 Å². The minimum Gasteiger partial charge on any atom is -0.490 e. The SMILES string of the molecule is CCOc1ccccc1OCCC(C)(CO)NC1CC1. The molecule has 1 atom stereocenters. The molecule has 0 bridgehead atoms. The molecule has 0 aromatic heterocycles. The second-order valence-electron chi connectivity index (χ2n) is 5.62. The summed E-state index contributed by atoms with van der Waals surface area (Å²) in [6, 6.07) is 8.26. The highest BCUT2D eigenvalue weighted by Crippen LogP contribution is 2.28. The van der Waals surface area contributed by atoms with Crippen LogP contribution < -0.4 is 14.8 Å². The quantitative estimate of drug-likeness (QED) is 0.728. The number of para-hydroxylation sites is 2. The van der Waals surface area contributed by atoms with E-state index in [4.69, 9.17) is 9.47 Å². The van der Waals surface area contributed by atoms with Crippen LogP contribution in [0, 0.1) is 0 Å². The number of ether oxygens (including phenoxy) is 2. The van der Waals surface area contributed by atoms with Crippen molar-refractivity contribution >= 4 is 0 Å². The van der Waals surface area contributed by atoms with Crippen LogP contribution in [0.3, 0.4) is 0 Å². The van der Waals surface area contributed by atoms with Gasteiger partial charge in [-0.25, -0.2) is 0 Å². The van der Waals surface area contributed by atoms with Gasteiger partial charge in [0.2, 0.25) is 0 Å². The number of aliphatic hydroxyl groups is 1. The third-order valence-electron chi connectivity index (χ3n) is 3.54. The Morgan fingerprint density at radius 2 is 1.90 bits per heavy atom. The molecule has 4 heteroatoms. The number of benzene rings is 1. The Morgan fingerprint density at radius 1 is 1.25 bits per heavy atom. The van der Waals surface area contributed by atoms with Gasteiger partial charge in [-0.05, 0) is 38.8 Å². The maximum absolute atomic E-state index is 9.56. The Hall–Kier alpha value is -1.26. The zero-order chi connectivity index (χ0) is 14.4. The van der Waals surface area contributed by atoms with Gasteiger partial charge in [0.15, 0.2) is 11.5 Å². The summed E-state index contributed by atoms with van der Waals surface area (Å²) in [6.07, 6.45) is 3.19. The van der Waals surface area contributed by atoms with Crippen molar-refractivity contribution in [2.75, 3.05) is 19.8 Å². The van der Waals surface area contributed by atoms with Gasteiger partial charge >= 0.3 is 0 Å². The zero-order valence-electron chi connectivity index (χ0n) is 12.4. The van der Waals surface area contributed by atoms with E-state index in [9.17, 15) is 5.11 Å². The molecule has 112 valence electrons. The van der Waals surface area contributed by atoms with Crippen LogP contribution in [0.1, 0.15) is 33.1 Å². The molecule has 0 spiro atoms. The fraction of sp³-hybridized carbons (Fsp3) is 0.625. The van der Waals surface area contributed by atoms with E-state index in [-0.39, 0.29) is 12.1 Å². The molecule has 0 heterocycles. The number of nitrogens with one attached hydrogen (secondary N) is 1. The van der Waals surface area contributed by atoms with Gasteiger partial charge < -0.3 is 19.9 Å². The van der Waals surface area contributed by atoms with E-state index in [1.807, 2.05) is 38.1 Å². The van der Waals surface area contributed by atoms with Crippen molar-refractivity contribution in [1.29, 1.82) is 0 Å². The molecule has 0 aliphatic heterocycles. The van der Waals surface area contributed by atoms with Gasteiger partial charge in [0.25, 0.3) is 0 Å². The van der Waals surface area contributed by atoms with Crippen LogP contribution in [0.2, 0.25) is 0 Å². The topological polar surface area (TPSA) is 50.7 Å². The summed E-state index contributed by atoms with van der Waals surface area (Å²) in [7, 11) is 0. The number of rotatable bonds is 9. The predicted octanol–water partition coefficient (Wildman–Crippen LogP) is 2.36. The molecular formula is C16H25NO3. The molecule has 1 saturated carbocycles. The van der Waals surface area contributed by atoms with E-state index in [0.717, 1.165) is 17.9 Å². The molecule has 0 amide bonds. The normalized spacial score (nSPS) is 17.6. The minimum absolute atomic E-state index is 0.125. The van der Waals surface area contributed by atoms with E-state index in [2.05, 4.69) is 5.32 Å². The van der Waals surface area contributed by atoms with Crippen molar-refractivity contribution in [3.8, 4) is 11.5 Å². The molecule has 4 nitrogen and oxygen atoms in total. The maximum Gasteiger partial charge on any atom is 0.161 e. The highest BCUT2D eigenvalue weighted by molar-refractivity contribution is 5.39. The highest BCUT2D eigenvalue weighted by Gasteiger charge is 2.31. The van der Waals surface area contributed by atoms with Crippen LogP contribution in [-0.4, -0.2) is 36.5 Å². The van der Waals surface area contributed by atoms with Crippen molar-refractivity contribution < 1.29 is 14.6 Å². The third-order valence-corrected chi connectivity index (χ3v) is 3.54. The van der Waals surface area contributed by atoms with Crippen molar-refractivity contribution in [2.45, 2.75) is 44.7 Å². The summed E-state index contributed by atoms with van der Waals surface area (Å²) in [6.45, 7) is 5.31. The first-order valence-electron chi connectivity index (χ1n) is 7.40. The second-order valence-corrected chi connectivity index (χ2v) is 5.62. The fourth-order valence-corrected chi connectivity index (χ4v) is 2.15. The van der Waals surface area contributed by atoms with Crippen LogP contribution in [0.5, 0.6) is 11.5 Å². The molecule has 0 radical (unpaired) electrons. The molecule has 0 saturated heterocycles. The van der Waals surface area contributed by atoms with Crippen LogP contribution in [0.4, 0.5) is 0 Å². The monoisotopic (exact) mass is 279 g/mol. The molecule has 1 aliphatic rings. The summed E-state index contributed by atoms with van der Waals surface area (Å²) >= 11 is 0. The molecular weight excluding hydrogens is 254 g/mol. The molecule has 1 aromatic carbocycles. The first-order chi connectivity index (χ1) is 9.67. The van der Waals surface area contributed by atoms with Gasteiger partial charge in [-0.1, -0.05) is 12.1 Å². The van der Waals surface area contributed by atoms with Gasteiger partial charge in [0.1, 0.15) is 0 Å². The second kappa shape index (κ2) is 6.95. The largest absolute Gasteiger partial charge is 0.490 e. The van der Waals surface area contributed by atoms with E-state index in [1.165, 1.54) is 12.8 Å². The fourth-order valence-electron chi connectivity index (χ4n) is 2.15. The lowest BCUT2D eigenvalue weighted by Gasteiger charge is -2.29. The summed E-state index contributed by atoms with van der Waals surface area (Å²) in [5.74, 6) is 1.54. The smallest absolute Gasteiger partial charge is 0.161 e. The number of aliphatic hydroxyl groups excluding tert-OH is 1. The molecule has 1 fully saturated rings. The van der Waals surface area contributed by atoms with Crippen LogP contribution in [0.15, 0.2) is 24.3 Å². The van der Waals surface area contributed by atoms with Gasteiger partial charge in [0.05, 0.1) is 19.8 Å². The first-order valence-corrected chi connectivity index (χ1v) is 7.40. The van der Waals surface area contributed by atoms with Crippen LogP contribution >= 0.6 is 0 Å². The van der Waals surface area contributed by atoms with E-state index < -0.39 is 0 Å². The molecule has 2 rings (SSSR count). The lowest BCUT2D eigenvalue weighted by atomic mass is 9.99. The van der Waals surface area contributed by atoms with Gasteiger partial charge in [0, 0.05) is 18.0 Å². The maximum atomic E-state index is 9.56. The lowest BCUT2D eigenvalue weighted by molar-refractivity contribution is 0.141. The van der Waals surface area contributed by atoms with Crippen molar-refractivity contribution in [3.63, 3.8) is 0 Å². The van der Waals surface area contributed by atoms with Gasteiger partial charge in [-0.3, -0.25) is 0 Å². The molecule has 20 heavy (non-hydrogen) atoms. The molecule has 1 unspecified atom stereocenters. The van der Waals surface area contributed by atoms with Gasteiger partial charge in [-0.2, -0.15) is 0 Å². The molecule has 1 aromatic rings. The van der Waals surface area contributed by atoms with E-state index in [1.54, 1.807) is 0 Å². The summed E-state index contributed by atoms with van der Waals surface area (Å²) in [5.41, 5.74) is -0.262. The Morgan fingerprint density at radius 3 is 2.45 bits per heavy atom. The van der Waals surface area contributed by atoms with Crippen LogP contribution in [-0.2, 0) is 0 Å². The number of hydrogen-bond donors (Lipinski definition) is 2. The van der Waals surface area contributed by atoms with E-state index >= 15 is 0 Å². The zero-order valence-corrected chi connectivity index (χ0v) is 12.4.